The third kappa shape index (κ3) is 3.90. The number of ether oxygens (including phenoxy) is 2. The van der Waals surface area contributed by atoms with Crippen LogP contribution in [-0.2, 0) is 14.3 Å². The Bertz CT molecular complexity index is 875. The fraction of sp³-hybridized carbons (Fsp3) is 0.731. The van der Waals surface area contributed by atoms with Crippen LogP contribution in [0.15, 0.2) is 28.4 Å². The third-order valence-corrected chi connectivity index (χ3v) is 8.95. The van der Waals surface area contributed by atoms with E-state index in [9.17, 15) is 9.59 Å². The fourth-order valence-electron chi connectivity index (χ4n) is 7.44. The van der Waals surface area contributed by atoms with Gasteiger partial charge in [0.25, 0.3) is 0 Å². The van der Waals surface area contributed by atoms with Crippen LogP contribution >= 0.6 is 0 Å². The average molecular weight is 443 g/mol. The summed E-state index contributed by atoms with van der Waals surface area (Å²) in [7, 11) is 0. The van der Waals surface area contributed by atoms with Gasteiger partial charge in [-0.25, -0.2) is 10.2 Å². The number of nitrogens with one attached hydrogen (secondary N) is 1. The van der Waals surface area contributed by atoms with E-state index in [1.54, 1.807) is 6.92 Å². The number of amides is 1. The Morgan fingerprint density at radius 1 is 1.09 bits per heavy atom. The lowest BCUT2D eigenvalue weighted by Gasteiger charge is -2.57. The highest BCUT2D eigenvalue weighted by Gasteiger charge is 2.57. The number of allylic oxidation sites excluding steroid dienone is 3. The zero-order valence-electron chi connectivity index (χ0n) is 20.2. The van der Waals surface area contributed by atoms with Crippen molar-refractivity contribution in [1.82, 2.24) is 5.43 Å². The Labute approximate surface area is 191 Å². The number of esters is 1. The summed E-state index contributed by atoms with van der Waals surface area (Å²) < 4.78 is 10.5. The highest BCUT2D eigenvalue weighted by atomic mass is 16.6. The van der Waals surface area contributed by atoms with E-state index in [1.165, 1.54) is 24.5 Å². The van der Waals surface area contributed by atoms with Crippen LogP contribution in [0.2, 0.25) is 0 Å². The SMILES string of the molecule is CCOC(=O)NN=C(C)C1=CCC2C3CC=C4CC(OC(C)=O)CC[C@]4(C)C3CC[C@]12C. The van der Waals surface area contributed by atoms with Gasteiger partial charge in [-0.2, -0.15) is 5.10 Å². The van der Waals surface area contributed by atoms with E-state index < -0.39 is 6.09 Å². The van der Waals surface area contributed by atoms with E-state index in [0.717, 1.165) is 44.2 Å². The van der Waals surface area contributed by atoms with E-state index in [-0.39, 0.29) is 22.9 Å². The molecule has 0 aliphatic heterocycles. The molecule has 0 saturated heterocycles. The van der Waals surface area contributed by atoms with Crippen LogP contribution in [0.4, 0.5) is 4.79 Å². The Kier molecular flexibility index (Phi) is 6.25. The van der Waals surface area contributed by atoms with Crippen molar-refractivity contribution in [3.63, 3.8) is 0 Å². The topological polar surface area (TPSA) is 77.0 Å². The van der Waals surface area contributed by atoms with Crippen LogP contribution in [0.25, 0.3) is 0 Å². The van der Waals surface area contributed by atoms with Crippen LogP contribution in [0.1, 0.15) is 79.6 Å². The van der Waals surface area contributed by atoms with Crippen LogP contribution < -0.4 is 5.43 Å². The molecule has 4 unspecified atom stereocenters. The first-order valence-corrected chi connectivity index (χ1v) is 12.2. The molecule has 4 aliphatic carbocycles. The van der Waals surface area contributed by atoms with Gasteiger partial charge >= 0.3 is 12.1 Å². The molecular weight excluding hydrogens is 404 g/mol. The molecular formula is C26H38N2O4. The molecule has 4 aliphatic rings. The zero-order valence-corrected chi connectivity index (χ0v) is 20.2. The van der Waals surface area contributed by atoms with Crippen molar-refractivity contribution in [3.05, 3.63) is 23.3 Å². The number of hydrogen-bond acceptors (Lipinski definition) is 5. The molecule has 0 aromatic heterocycles. The predicted octanol–water partition coefficient (Wildman–Crippen LogP) is 5.54. The second-order valence-electron chi connectivity index (χ2n) is 10.6. The lowest BCUT2D eigenvalue weighted by Crippen LogP contribution is -2.50. The molecule has 6 heteroatoms. The molecule has 2 fully saturated rings. The number of rotatable bonds is 4. The van der Waals surface area contributed by atoms with Gasteiger partial charge in [0, 0.05) is 13.3 Å². The largest absolute Gasteiger partial charge is 0.462 e. The summed E-state index contributed by atoms with van der Waals surface area (Å²) >= 11 is 0. The molecule has 0 aromatic rings. The van der Waals surface area contributed by atoms with E-state index in [2.05, 4.69) is 36.5 Å². The maximum atomic E-state index is 11.7. The van der Waals surface area contributed by atoms with Crippen molar-refractivity contribution in [3.8, 4) is 0 Å². The third-order valence-electron chi connectivity index (χ3n) is 8.95. The van der Waals surface area contributed by atoms with Crippen molar-refractivity contribution in [2.24, 2.45) is 33.7 Å². The summed E-state index contributed by atoms with van der Waals surface area (Å²) in [6.07, 6.45) is 11.9. The first-order chi connectivity index (χ1) is 15.2. The minimum absolute atomic E-state index is 0.0442. The lowest BCUT2D eigenvalue weighted by molar-refractivity contribution is -0.148. The van der Waals surface area contributed by atoms with Crippen molar-refractivity contribution in [1.29, 1.82) is 0 Å². The molecule has 0 bridgehead atoms. The average Bonchev–Trinajstić information content (AvgIpc) is 3.09. The Morgan fingerprint density at radius 3 is 2.56 bits per heavy atom. The molecule has 4 rings (SSSR count). The van der Waals surface area contributed by atoms with Crippen LogP contribution in [0.3, 0.4) is 0 Å². The second-order valence-corrected chi connectivity index (χ2v) is 10.6. The monoisotopic (exact) mass is 442 g/mol. The molecule has 1 N–H and O–H groups in total. The first-order valence-electron chi connectivity index (χ1n) is 12.2. The van der Waals surface area contributed by atoms with E-state index in [4.69, 9.17) is 9.47 Å². The van der Waals surface area contributed by atoms with Crippen molar-refractivity contribution in [2.75, 3.05) is 6.61 Å². The zero-order chi connectivity index (χ0) is 23.1. The van der Waals surface area contributed by atoms with Crippen LogP contribution in [0.5, 0.6) is 0 Å². The Hall–Kier alpha value is -2.11. The first kappa shape index (κ1) is 23.1. The minimum Gasteiger partial charge on any atom is -0.462 e. The van der Waals surface area contributed by atoms with E-state index in [1.807, 2.05) is 6.92 Å². The quantitative estimate of drug-likeness (QED) is 0.268. The summed E-state index contributed by atoms with van der Waals surface area (Å²) in [5.41, 5.74) is 6.54. The molecule has 0 spiro atoms. The molecule has 6 nitrogen and oxygen atoms in total. The Balaban J connectivity index is 1.51. The number of carbonyl (C=O) groups is 2. The lowest BCUT2D eigenvalue weighted by atomic mass is 9.47. The van der Waals surface area contributed by atoms with Crippen molar-refractivity contribution in [2.45, 2.75) is 85.7 Å². The minimum atomic E-state index is -0.502. The highest BCUT2D eigenvalue weighted by Crippen LogP contribution is 2.65. The molecule has 2 saturated carbocycles. The normalized spacial score (nSPS) is 38.5. The maximum Gasteiger partial charge on any atom is 0.427 e. The number of fused-ring (bicyclic) bond motifs is 5. The number of carbonyl (C=O) groups excluding carboxylic acids is 2. The van der Waals surface area contributed by atoms with Gasteiger partial charge in [0.05, 0.1) is 12.3 Å². The molecule has 32 heavy (non-hydrogen) atoms. The standard InChI is InChI=1S/C26H38N2O4/c1-6-31-24(30)28-27-16(2)21-9-10-22-20-8-7-18-15-19(32-17(3)29)11-13-25(18,4)23(20)12-14-26(21,22)5/h7,9,19-20,22-23H,6,8,10-15H2,1-5H3,(H,28,30)/t19?,20?,22?,23?,25-,26+/m0/s1. The van der Waals surface area contributed by atoms with Gasteiger partial charge in [0.2, 0.25) is 0 Å². The van der Waals surface area contributed by atoms with Crippen molar-refractivity contribution < 1.29 is 19.1 Å². The van der Waals surface area contributed by atoms with Crippen LogP contribution in [0, 0.1) is 28.6 Å². The molecule has 6 atom stereocenters. The summed E-state index contributed by atoms with van der Waals surface area (Å²) in [5, 5.41) is 4.35. The molecule has 0 aromatic carbocycles. The summed E-state index contributed by atoms with van der Waals surface area (Å²) in [5.74, 6) is 1.78. The molecule has 0 radical (unpaired) electrons. The highest BCUT2D eigenvalue weighted by molar-refractivity contribution is 6.00. The summed E-state index contributed by atoms with van der Waals surface area (Å²) in [6.45, 7) is 10.5. The predicted molar refractivity (Wildman–Crippen MR) is 124 cm³/mol. The number of nitrogens with zero attached hydrogens (tertiary/aromatic N) is 1. The van der Waals surface area contributed by atoms with Gasteiger partial charge in [-0.1, -0.05) is 31.6 Å². The maximum absolute atomic E-state index is 11.7. The molecule has 176 valence electrons. The van der Waals surface area contributed by atoms with Gasteiger partial charge in [-0.15, -0.1) is 0 Å². The smallest absolute Gasteiger partial charge is 0.427 e. The fourth-order valence-corrected chi connectivity index (χ4v) is 7.44. The number of hydrazone groups is 1. The second kappa shape index (κ2) is 8.68. The number of hydrogen-bond donors (Lipinski definition) is 1. The van der Waals surface area contributed by atoms with Crippen LogP contribution in [-0.4, -0.2) is 30.5 Å². The van der Waals surface area contributed by atoms with Gasteiger partial charge < -0.3 is 9.47 Å². The van der Waals surface area contributed by atoms with E-state index in [0.29, 0.717) is 24.4 Å². The molecule has 1 amide bonds. The molecule has 0 heterocycles. The Morgan fingerprint density at radius 2 is 1.84 bits per heavy atom. The summed E-state index contributed by atoms with van der Waals surface area (Å²) in [4.78, 5) is 23.1. The van der Waals surface area contributed by atoms with Crippen molar-refractivity contribution >= 4 is 17.8 Å². The summed E-state index contributed by atoms with van der Waals surface area (Å²) in [6, 6.07) is 0. The van der Waals surface area contributed by atoms with Gasteiger partial charge in [0.15, 0.2) is 0 Å². The van der Waals surface area contributed by atoms with Gasteiger partial charge in [-0.05, 0) is 86.5 Å². The van der Waals surface area contributed by atoms with Gasteiger partial charge in [0.1, 0.15) is 6.10 Å². The van der Waals surface area contributed by atoms with Gasteiger partial charge in [-0.3, -0.25) is 4.79 Å². The van der Waals surface area contributed by atoms with E-state index >= 15 is 0 Å².